The summed E-state index contributed by atoms with van der Waals surface area (Å²) >= 11 is 3.50. The van der Waals surface area contributed by atoms with Crippen molar-refractivity contribution in [3.8, 4) is 22.8 Å². The third-order valence-electron chi connectivity index (χ3n) is 5.54. The van der Waals surface area contributed by atoms with Crippen LogP contribution >= 0.6 is 15.9 Å². The molecule has 0 N–H and O–H groups in total. The smallest absolute Gasteiger partial charge is 0.137 e. The number of methoxy groups -OCH3 is 3. The van der Waals surface area contributed by atoms with E-state index < -0.39 is 0 Å². The summed E-state index contributed by atoms with van der Waals surface area (Å²) in [6, 6.07) is 11.9. The zero-order valence-electron chi connectivity index (χ0n) is 18.5. The minimum Gasteiger partial charge on any atom is -0.495 e. The number of pyridine rings is 1. The van der Waals surface area contributed by atoms with Gasteiger partial charge in [0.25, 0.3) is 0 Å². The Bertz CT molecular complexity index is 1010. The van der Waals surface area contributed by atoms with Crippen LogP contribution in [0.4, 0.5) is 5.82 Å². The van der Waals surface area contributed by atoms with E-state index in [9.17, 15) is 0 Å². The number of ether oxygens (including phenoxy) is 4. The fourth-order valence-corrected chi connectivity index (χ4v) is 4.29. The second-order valence-corrected chi connectivity index (χ2v) is 8.23. The molecule has 0 saturated carbocycles. The van der Waals surface area contributed by atoms with Gasteiger partial charge in [0, 0.05) is 38.4 Å². The lowest BCUT2D eigenvalue weighted by molar-refractivity contribution is 0.0985. The third kappa shape index (κ3) is 4.92. The number of hydrogen-bond acceptors (Lipinski definition) is 7. The summed E-state index contributed by atoms with van der Waals surface area (Å²) in [5.41, 5.74) is 1.88. The van der Waals surface area contributed by atoms with Crippen molar-refractivity contribution in [1.29, 1.82) is 0 Å². The largest absolute Gasteiger partial charge is 0.495 e. The number of morpholine rings is 1. The summed E-state index contributed by atoms with van der Waals surface area (Å²) in [6.07, 6.45) is 2.32. The molecule has 0 aliphatic carbocycles. The first-order valence-electron chi connectivity index (χ1n) is 10.4. The molecule has 2 aromatic heterocycles. The van der Waals surface area contributed by atoms with Crippen molar-refractivity contribution in [3.63, 3.8) is 0 Å². The van der Waals surface area contributed by atoms with E-state index >= 15 is 0 Å². The maximum absolute atomic E-state index is 6.13. The average molecular weight is 503 g/mol. The van der Waals surface area contributed by atoms with Gasteiger partial charge in [-0.05, 0) is 51.8 Å². The zero-order valence-corrected chi connectivity index (χ0v) is 20.1. The number of aromatic nitrogens is 1. The normalized spacial score (nSPS) is 14.9. The second-order valence-electron chi connectivity index (χ2n) is 7.44. The van der Waals surface area contributed by atoms with Crippen molar-refractivity contribution in [1.82, 2.24) is 4.98 Å². The highest BCUT2D eigenvalue weighted by atomic mass is 79.9. The Balaban J connectivity index is 1.49. The number of anilines is 1. The van der Waals surface area contributed by atoms with Crippen LogP contribution in [0.25, 0.3) is 11.3 Å². The molecule has 1 aliphatic heterocycles. The molecule has 1 fully saturated rings. The van der Waals surface area contributed by atoms with Gasteiger partial charge in [-0.1, -0.05) is 6.07 Å². The molecule has 3 heterocycles. The highest BCUT2D eigenvalue weighted by Crippen LogP contribution is 2.39. The monoisotopic (exact) mass is 502 g/mol. The minimum absolute atomic E-state index is 0.158. The molecule has 8 heteroatoms. The van der Waals surface area contributed by atoms with E-state index in [0.717, 1.165) is 59.2 Å². The quantitative estimate of drug-likeness (QED) is 0.434. The van der Waals surface area contributed by atoms with E-state index in [-0.39, 0.29) is 6.10 Å². The van der Waals surface area contributed by atoms with Crippen LogP contribution in [0.3, 0.4) is 0 Å². The molecule has 0 spiro atoms. The Morgan fingerprint density at radius 3 is 2.34 bits per heavy atom. The highest BCUT2D eigenvalue weighted by molar-refractivity contribution is 9.10. The summed E-state index contributed by atoms with van der Waals surface area (Å²) in [6.45, 7) is 3.20. The first-order valence-corrected chi connectivity index (χ1v) is 11.2. The number of furan rings is 1. The van der Waals surface area contributed by atoms with Gasteiger partial charge in [0.2, 0.25) is 0 Å². The van der Waals surface area contributed by atoms with E-state index in [1.165, 1.54) is 0 Å². The van der Waals surface area contributed by atoms with Gasteiger partial charge in [-0.15, -0.1) is 0 Å². The molecule has 4 rings (SSSR count). The van der Waals surface area contributed by atoms with Crippen molar-refractivity contribution < 1.29 is 23.4 Å². The van der Waals surface area contributed by atoms with Crippen molar-refractivity contribution in [2.75, 3.05) is 52.5 Å². The maximum Gasteiger partial charge on any atom is 0.137 e. The van der Waals surface area contributed by atoms with Crippen LogP contribution in [0.1, 0.15) is 17.4 Å². The van der Waals surface area contributed by atoms with Crippen LogP contribution in [-0.2, 0) is 15.9 Å². The van der Waals surface area contributed by atoms with Crippen molar-refractivity contribution in [3.05, 3.63) is 58.4 Å². The van der Waals surface area contributed by atoms with Crippen LogP contribution < -0.4 is 14.4 Å². The molecular weight excluding hydrogens is 476 g/mol. The Morgan fingerprint density at radius 2 is 1.75 bits per heavy atom. The highest BCUT2D eigenvalue weighted by Gasteiger charge is 2.18. The SMILES string of the molecule is COc1cc(-c2ccc(CC(OC)c3ccc(N4CCOCC4)nc3)o2)cc(OC)c1Br. The first-order chi connectivity index (χ1) is 15.6. The van der Waals surface area contributed by atoms with Gasteiger partial charge in [-0.3, -0.25) is 0 Å². The van der Waals surface area contributed by atoms with Crippen LogP contribution in [0.5, 0.6) is 11.5 Å². The molecule has 170 valence electrons. The first kappa shape index (κ1) is 22.6. The van der Waals surface area contributed by atoms with E-state index in [4.69, 9.17) is 23.4 Å². The van der Waals surface area contributed by atoms with Gasteiger partial charge in [0.15, 0.2) is 0 Å². The fourth-order valence-electron chi connectivity index (χ4n) is 3.74. The molecule has 1 saturated heterocycles. The summed E-state index contributed by atoms with van der Waals surface area (Å²) in [5.74, 6) is 3.88. The molecule has 3 aromatic rings. The molecule has 7 nitrogen and oxygen atoms in total. The van der Waals surface area contributed by atoms with E-state index in [1.54, 1.807) is 21.3 Å². The average Bonchev–Trinajstić information content (AvgIpc) is 3.32. The standard InChI is InChI=1S/C24H27BrN2O5/c1-28-20(16-4-7-23(26-15-16)27-8-10-31-11-9-27)14-18-5-6-19(32-18)17-12-21(29-2)24(25)22(13-17)30-3/h4-7,12-13,15,20H,8-11,14H2,1-3H3. The lowest BCUT2D eigenvalue weighted by Crippen LogP contribution is -2.36. The summed E-state index contributed by atoms with van der Waals surface area (Å²) < 4.78 is 29.0. The fraction of sp³-hybridized carbons (Fsp3) is 0.375. The maximum atomic E-state index is 6.13. The second kappa shape index (κ2) is 10.4. The van der Waals surface area contributed by atoms with Crippen LogP contribution in [-0.4, -0.2) is 52.6 Å². The van der Waals surface area contributed by atoms with E-state index in [1.807, 2.05) is 36.5 Å². The summed E-state index contributed by atoms with van der Waals surface area (Å²) in [7, 11) is 4.95. The molecule has 1 atom stereocenters. The molecular formula is C24H27BrN2O5. The minimum atomic E-state index is -0.158. The lowest BCUT2D eigenvalue weighted by atomic mass is 10.1. The molecule has 1 aromatic carbocycles. The number of nitrogens with zero attached hydrogens (tertiary/aromatic N) is 2. The number of hydrogen-bond donors (Lipinski definition) is 0. The van der Waals surface area contributed by atoms with Gasteiger partial charge in [-0.2, -0.15) is 0 Å². The Morgan fingerprint density at radius 1 is 1.03 bits per heavy atom. The number of halogens is 1. The molecule has 1 unspecified atom stereocenters. The van der Waals surface area contributed by atoms with E-state index in [0.29, 0.717) is 17.9 Å². The Hall–Kier alpha value is -2.55. The summed E-state index contributed by atoms with van der Waals surface area (Å²) in [4.78, 5) is 6.87. The predicted molar refractivity (Wildman–Crippen MR) is 126 cm³/mol. The number of rotatable bonds is 8. The van der Waals surface area contributed by atoms with Crippen LogP contribution in [0.15, 0.2) is 51.5 Å². The Labute approximate surface area is 196 Å². The third-order valence-corrected chi connectivity index (χ3v) is 6.32. The Kier molecular flexibility index (Phi) is 7.34. The van der Waals surface area contributed by atoms with Gasteiger partial charge < -0.3 is 28.3 Å². The zero-order chi connectivity index (χ0) is 22.5. The van der Waals surface area contributed by atoms with Crippen LogP contribution in [0, 0.1) is 0 Å². The molecule has 0 amide bonds. The van der Waals surface area contributed by atoms with Crippen molar-refractivity contribution in [2.24, 2.45) is 0 Å². The number of benzene rings is 1. The van der Waals surface area contributed by atoms with Crippen LogP contribution in [0.2, 0.25) is 0 Å². The van der Waals surface area contributed by atoms with Gasteiger partial charge >= 0.3 is 0 Å². The molecule has 0 bridgehead atoms. The van der Waals surface area contributed by atoms with Gasteiger partial charge in [0.1, 0.15) is 33.3 Å². The van der Waals surface area contributed by atoms with Crippen molar-refractivity contribution in [2.45, 2.75) is 12.5 Å². The topological polar surface area (TPSA) is 66.2 Å². The molecule has 32 heavy (non-hydrogen) atoms. The van der Waals surface area contributed by atoms with E-state index in [2.05, 4.69) is 31.9 Å². The van der Waals surface area contributed by atoms with Gasteiger partial charge in [0.05, 0.1) is 33.5 Å². The molecule has 0 radical (unpaired) electrons. The van der Waals surface area contributed by atoms with Crippen molar-refractivity contribution >= 4 is 21.7 Å². The predicted octanol–water partition coefficient (Wildman–Crippen LogP) is 4.89. The summed E-state index contributed by atoms with van der Waals surface area (Å²) in [5, 5.41) is 0. The molecule has 1 aliphatic rings. The van der Waals surface area contributed by atoms with Gasteiger partial charge in [-0.25, -0.2) is 4.98 Å². The lowest BCUT2D eigenvalue weighted by Gasteiger charge is -2.28.